The second-order valence-electron chi connectivity index (χ2n) is 7.88. The zero-order chi connectivity index (χ0) is 26.4. The van der Waals surface area contributed by atoms with Crippen LogP contribution >= 0.6 is 0 Å². The van der Waals surface area contributed by atoms with E-state index in [-0.39, 0.29) is 12.8 Å². The summed E-state index contributed by atoms with van der Waals surface area (Å²) in [6.07, 6.45) is 0.425. The third-order valence-electron chi connectivity index (χ3n) is 5.02. The van der Waals surface area contributed by atoms with E-state index in [9.17, 15) is 34.2 Å². The van der Waals surface area contributed by atoms with E-state index in [4.69, 9.17) is 16.6 Å². The van der Waals surface area contributed by atoms with Crippen LogP contribution in [0.3, 0.4) is 0 Å². The maximum atomic E-state index is 12.9. The van der Waals surface area contributed by atoms with Crippen molar-refractivity contribution >= 4 is 29.7 Å². The lowest BCUT2D eigenvalue weighted by atomic mass is 10.0. The highest BCUT2D eigenvalue weighted by Gasteiger charge is 2.30. The minimum Gasteiger partial charge on any atom is -0.481 e. The number of carbonyl (C=O) groups excluding carboxylic acids is 3. The standard InChI is InChI=1S/C22H33N5O8/c23-9-5-4-8-15(20(32)26-16(22(34)35)10-13-6-2-1-3-7-13)25-21(33)17(12-28)27-19(31)14(24)11-18(29)30/h1-3,6-7,14-17,28H,4-5,8-12,23-24H2,(H,25,33)(H,26,32)(H,27,31)(H,29,30)(H,34,35). The van der Waals surface area contributed by atoms with Crippen LogP contribution in [0.5, 0.6) is 0 Å². The second kappa shape index (κ2) is 15.4. The molecule has 13 nitrogen and oxygen atoms in total. The SMILES string of the molecule is NCCCCC(NC(=O)C(CO)NC(=O)C(N)CC(=O)O)C(=O)NC(Cc1ccccc1)C(=O)O. The summed E-state index contributed by atoms with van der Waals surface area (Å²) in [5.41, 5.74) is 11.6. The predicted molar refractivity (Wildman–Crippen MR) is 124 cm³/mol. The maximum absolute atomic E-state index is 12.9. The van der Waals surface area contributed by atoms with E-state index in [1.807, 2.05) is 0 Å². The van der Waals surface area contributed by atoms with Crippen molar-refractivity contribution in [2.45, 2.75) is 56.3 Å². The number of amides is 3. The molecule has 0 bridgehead atoms. The van der Waals surface area contributed by atoms with Crippen molar-refractivity contribution in [1.82, 2.24) is 16.0 Å². The van der Waals surface area contributed by atoms with Gasteiger partial charge in [-0.1, -0.05) is 30.3 Å². The molecule has 0 aliphatic carbocycles. The molecule has 0 saturated carbocycles. The molecule has 35 heavy (non-hydrogen) atoms. The largest absolute Gasteiger partial charge is 0.481 e. The molecular formula is C22H33N5O8. The zero-order valence-corrected chi connectivity index (χ0v) is 19.2. The lowest BCUT2D eigenvalue weighted by molar-refractivity contribution is -0.142. The lowest BCUT2D eigenvalue weighted by Crippen LogP contribution is -2.58. The molecule has 1 aromatic carbocycles. The van der Waals surface area contributed by atoms with E-state index in [0.29, 0.717) is 24.9 Å². The number of hydrogen-bond acceptors (Lipinski definition) is 8. The summed E-state index contributed by atoms with van der Waals surface area (Å²) in [5, 5.41) is 34.8. The van der Waals surface area contributed by atoms with Gasteiger partial charge in [0.05, 0.1) is 19.1 Å². The Labute approximate surface area is 202 Å². The van der Waals surface area contributed by atoms with Gasteiger partial charge in [0.2, 0.25) is 17.7 Å². The number of unbranched alkanes of at least 4 members (excludes halogenated alkanes) is 1. The van der Waals surface area contributed by atoms with E-state index < -0.39 is 66.9 Å². The fourth-order valence-electron chi connectivity index (χ4n) is 3.11. The van der Waals surface area contributed by atoms with Gasteiger partial charge in [-0.3, -0.25) is 19.2 Å². The van der Waals surface area contributed by atoms with E-state index in [1.54, 1.807) is 30.3 Å². The monoisotopic (exact) mass is 495 g/mol. The average molecular weight is 496 g/mol. The molecule has 0 aliphatic rings. The van der Waals surface area contributed by atoms with Crippen LogP contribution in [0.1, 0.15) is 31.2 Å². The van der Waals surface area contributed by atoms with Crippen LogP contribution in [0.2, 0.25) is 0 Å². The number of hydrogen-bond donors (Lipinski definition) is 8. The lowest BCUT2D eigenvalue weighted by Gasteiger charge is -2.24. The number of nitrogens with one attached hydrogen (secondary N) is 3. The van der Waals surface area contributed by atoms with Gasteiger partial charge in [0.15, 0.2) is 0 Å². The van der Waals surface area contributed by atoms with Crippen LogP contribution in [0, 0.1) is 0 Å². The topological polar surface area (TPSA) is 234 Å². The number of aliphatic hydroxyl groups is 1. The molecule has 4 unspecified atom stereocenters. The number of carbonyl (C=O) groups is 5. The Morgan fingerprint density at radius 1 is 0.829 bits per heavy atom. The van der Waals surface area contributed by atoms with Crippen LogP contribution in [0.25, 0.3) is 0 Å². The van der Waals surface area contributed by atoms with Crippen molar-refractivity contribution in [1.29, 1.82) is 0 Å². The normalized spacial score (nSPS) is 14.1. The third-order valence-corrected chi connectivity index (χ3v) is 5.02. The Morgan fingerprint density at radius 2 is 1.40 bits per heavy atom. The minimum atomic E-state index is -1.51. The molecule has 0 aromatic heterocycles. The van der Waals surface area contributed by atoms with Crippen molar-refractivity contribution in [3.8, 4) is 0 Å². The van der Waals surface area contributed by atoms with Crippen molar-refractivity contribution < 1.29 is 39.3 Å². The Bertz CT molecular complexity index is 867. The molecule has 0 spiro atoms. The molecular weight excluding hydrogens is 462 g/mol. The number of aliphatic carboxylic acids is 2. The molecule has 0 radical (unpaired) electrons. The first-order valence-corrected chi connectivity index (χ1v) is 11.0. The highest BCUT2D eigenvalue weighted by Crippen LogP contribution is 2.07. The number of aliphatic hydroxyl groups excluding tert-OH is 1. The fraction of sp³-hybridized carbons (Fsp3) is 0.500. The quantitative estimate of drug-likeness (QED) is 0.114. The highest BCUT2D eigenvalue weighted by atomic mass is 16.4. The van der Waals surface area contributed by atoms with Gasteiger partial charge in [-0.05, 0) is 31.4 Å². The third kappa shape index (κ3) is 10.9. The van der Waals surface area contributed by atoms with E-state index in [2.05, 4.69) is 16.0 Å². The van der Waals surface area contributed by atoms with Crippen LogP contribution < -0.4 is 27.4 Å². The summed E-state index contributed by atoms with van der Waals surface area (Å²) >= 11 is 0. The summed E-state index contributed by atoms with van der Waals surface area (Å²) in [4.78, 5) is 60.0. The first-order chi connectivity index (χ1) is 16.6. The Balaban J connectivity index is 2.90. The van der Waals surface area contributed by atoms with Gasteiger partial charge in [0, 0.05) is 6.42 Å². The van der Waals surface area contributed by atoms with Crippen molar-refractivity contribution in [3.05, 3.63) is 35.9 Å². The predicted octanol–water partition coefficient (Wildman–Crippen LogP) is -2.31. The van der Waals surface area contributed by atoms with Crippen LogP contribution in [-0.4, -0.2) is 82.3 Å². The summed E-state index contributed by atoms with van der Waals surface area (Å²) in [5.74, 6) is -5.24. The van der Waals surface area contributed by atoms with Crippen molar-refractivity contribution in [2.75, 3.05) is 13.2 Å². The molecule has 0 saturated heterocycles. The maximum Gasteiger partial charge on any atom is 0.326 e. The number of carboxylic acid groups (broad SMARTS) is 2. The summed E-state index contributed by atoms with van der Waals surface area (Å²) < 4.78 is 0. The van der Waals surface area contributed by atoms with Crippen LogP contribution in [0.4, 0.5) is 0 Å². The van der Waals surface area contributed by atoms with E-state index in [0.717, 1.165) is 0 Å². The summed E-state index contributed by atoms with van der Waals surface area (Å²) in [7, 11) is 0. The molecule has 1 rings (SSSR count). The zero-order valence-electron chi connectivity index (χ0n) is 19.2. The molecule has 10 N–H and O–H groups in total. The number of carboxylic acids is 2. The first kappa shape index (κ1) is 29.5. The van der Waals surface area contributed by atoms with Crippen LogP contribution in [-0.2, 0) is 30.4 Å². The van der Waals surface area contributed by atoms with Gasteiger partial charge in [0.1, 0.15) is 18.1 Å². The average Bonchev–Trinajstić information content (AvgIpc) is 2.81. The first-order valence-electron chi connectivity index (χ1n) is 11.0. The van der Waals surface area contributed by atoms with E-state index in [1.165, 1.54) is 0 Å². The van der Waals surface area contributed by atoms with Gasteiger partial charge in [-0.25, -0.2) is 4.79 Å². The minimum absolute atomic E-state index is 0.0160. The Kier molecular flexibility index (Phi) is 12.9. The molecule has 3 amide bonds. The van der Waals surface area contributed by atoms with Gasteiger partial charge in [0.25, 0.3) is 0 Å². The van der Waals surface area contributed by atoms with Crippen molar-refractivity contribution in [3.63, 3.8) is 0 Å². The number of rotatable bonds is 16. The second-order valence-corrected chi connectivity index (χ2v) is 7.88. The molecule has 0 aliphatic heterocycles. The molecule has 1 aromatic rings. The molecule has 0 heterocycles. The fourth-order valence-corrected chi connectivity index (χ4v) is 3.11. The molecule has 194 valence electrons. The molecule has 13 heteroatoms. The van der Waals surface area contributed by atoms with Gasteiger partial charge < -0.3 is 42.7 Å². The Morgan fingerprint density at radius 3 is 1.94 bits per heavy atom. The molecule has 4 atom stereocenters. The van der Waals surface area contributed by atoms with Gasteiger partial charge >= 0.3 is 11.9 Å². The van der Waals surface area contributed by atoms with Crippen LogP contribution in [0.15, 0.2) is 30.3 Å². The van der Waals surface area contributed by atoms with Gasteiger partial charge in [-0.2, -0.15) is 0 Å². The highest BCUT2D eigenvalue weighted by molar-refractivity contribution is 5.94. The smallest absolute Gasteiger partial charge is 0.326 e. The number of nitrogens with two attached hydrogens (primary N) is 2. The Hall–Kier alpha value is -3.55. The summed E-state index contributed by atoms with van der Waals surface area (Å²) in [6.45, 7) is -0.509. The number of benzene rings is 1. The van der Waals surface area contributed by atoms with Gasteiger partial charge in [-0.15, -0.1) is 0 Å². The summed E-state index contributed by atoms with van der Waals surface area (Å²) in [6, 6.07) is 3.27. The van der Waals surface area contributed by atoms with Crippen molar-refractivity contribution in [2.24, 2.45) is 11.5 Å². The molecule has 0 fully saturated rings. The van der Waals surface area contributed by atoms with E-state index >= 15 is 0 Å².